The molecule has 0 saturated heterocycles. The van der Waals surface area contributed by atoms with E-state index in [0.717, 1.165) is 17.3 Å². The summed E-state index contributed by atoms with van der Waals surface area (Å²) in [5.74, 6) is 1.12. The van der Waals surface area contributed by atoms with Crippen molar-refractivity contribution in [3.63, 3.8) is 0 Å². The monoisotopic (exact) mass is 363 g/mol. The predicted octanol–water partition coefficient (Wildman–Crippen LogP) is 4.76. The molecule has 0 heterocycles. The van der Waals surface area contributed by atoms with Gasteiger partial charge in [-0.05, 0) is 43.0 Å². The molecule has 0 fully saturated rings. The van der Waals surface area contributed by atoms with Crippen molar-refractivity contribution in [1.82, 2.24) is 5.32 Å². The number of benzene rings is 1. The van der Waals surface area contributed by atoms with Gasteiger partial charge in [-0.3, -0.25) is 4.79 Å². The molecule has 0 atom stereocenters. The van der Waals surface area contributed by atoms with Crippen molar-refractivity contribution in [3.8, 4) is 0 Å². The Morgan fingerprint density at radius 1 is 1.32 bits per heavy atom. The van der Waals surface area contributed by atoms with Crippen molar-refractivity contribution in [2.75, 3.05) is 18.6 Å². The van der Waals surface area contributed by atoms with Crippen molar-refractivity contribution >= 4 is 45.2 Å². The van der Waals surface area contributed by atoms with Gasteiger partial charge in [0.05, 0.1) is 10.6 Å². The van der Waals surface area contributed by atoms with Crippen LogP contribution >= 0.6 is 39.3 Å². The Balaban J connectivity index is 2.26. The largest absolute Gasteiger partial charge is 0.352 e. The van der Waals surface area contributed by atoms with Crippen LogP contribution in [0.25, 0.3) is 0 Å². The van der Waals surface area contributed by atoms with E-state index in [-0.39, 0.29) is 5.91 Å². The molecule has 0 aliphatic rings. The summed E-state index contributed by atoms with van der Waals surface area (Å²) in [6, 6.07) is 5.30. The molecule has 1 aromatic rings. The third-order valence-electron chi connectivity index (χ3n) is 2.73. The summed E-state index contributed by atoms with van der Waals surface area (Å²) in [6.07, 6.45) is 6.79. The highest BCUT2D eigenvalue weighted by atomic mass is 79.9. The number of thioether (sulfide) groups is 1. The van der Waals surface area contributed by atoms with Crippen LogP contribution in [0.15, 0.2) is 22.7 Å². The van der Waals surface area contributed by atoms with Crippen LogP contribution in [0.3, 0.4) is 0 Å². The molecule has 0 bridgehead atoms. The Kier molecular flexibility index (Phi) is 8.58. The number of halogens is 2. The van der Waals surface area contributed by atoms with E-state index in [1.54, 1.807) is 12.1 Å². The number of unbranched alkanes of at least 4 members (excludes halogenated alkanes) is 3. The number of carbonyl (C=O) groups excluding carboxylic acids is 1. The first-order chi connectivity index (χ1) is 9.15. The van der Waals surface area contributed by atoms with E-state index >= 15 is 0 Å². The van der Waals surface area contributed by atoms with Crippen LogP contribution in [0.2, 0.25) is 5.02 Å². The topological polar surface area (TPSA) is 29.1 Å². The molecule has 0 aliphatic heterocycles. The van der Waals surface area contributed by atoms with E-state index in [1.165, 1.54) is 18.6 Å². The summed E-state index contributed by atoms with van der Waals surface area (Å²) < 4.78 is 0.860. The molecule has 0 radical (unpaired) electrons. The lowest BCUT2D eigenvalue weighted by Crippen LogP contribution is -2.24. The molecule has 0 aromatic heterocycles. The van der Waals surface area contributed by atoms with Crippen LogP contribution in [0, 0.1) is 0 Å². The lowest BCUT2D eigenvalue weighted by atomic mass is 10.2. The van der Waals surface area contributed by atoms with Crippen LogP contribution < -0.4 is 5.32 Å². The van der Waals surface area contributed by atoms with E-state index in [0.29, 0.717) is 17.1 Å². The zero-order valence-corrected chi connectivity index (χ0v) is 14.2. The smallest absolute Gasteiger partial charge is 0.252 e. The van der Waals surface area contributed by atoms with Gasteiger partial charge in [-0.25, -0.2) is 0 Å². The molecular weight excluding hydrogens is 346 g/mol. The molecule has 0 saturated carbocycles. The minimum Gasteiger partial charge on any atom is -0.352 e. The van der Waals surface area contributed by atoms with E-state index in [1.807, 2.05) is 17.8 Å². The maximum absolute atomic E-state index is 11.9. The van der Waals surface area contributed by atoms with E-state index in [2.05, 4.69) is 27.5 Å². The highest BCUT2D eigenvalue weighted by Crippen LogP contribution is 2.20. The van der Waals surface area contributed by atoms with E-state index < -0.39 is 0 Å². The second-order valence-corrected chi connectivity index (χ2v) is 6.60. The summed E-state index contributed by atoms with van der Waals surface area (Å²) in [7, 11) is 0. The average molecular weight is 365 g/mol. The maximum atomic E-state index is 11.9. The van der Waals surface area contributed by atoms with Gasteiger partial charge >= 0.3 is 0 Å². The molecule has 0 aliphatic carbocycles. The SMILES string of the molecule is CSCCCCCCNC(=O)c1cc(Br)ccc1Cl. The Labute approximate surface area is 132 Å². The van der Waals surface area contributed by atoms with E-state index in [9.17, 15) is 4.79 Å². The van der Waals surface area contributed by atoms with Crippen LogP contribution in [0.1, 0.15) is 36.0 Å². The Bertz CT molecular complexity index is 414. The molecule has 1 rings (SSSR count). The first-order valence-electron chi connectivity index (χ1n) is 6.37. The van der Waals surface area contributed by atoms with Gasteiger partial charge in [-0.2, -0.15) is 11.8 Å². The number of hydrogen-bond donors (Lipinski definition) is 1. The minimum atomic E-state index is -0.101. The standard InChI is InChI=1S/C14H19BrClNOS/c1-19-9-5-3-2-4-8-17-14(18)12-10-11(15)6-7-13(12)16/h6-7,10H,2-5,8-9H2,1H3,(H,17,18). The molecular formula is C14H19BrClNOS. The summed E-state index contributed by atoms with van der Waals surface area (Å²) in [6.45, 7) is 0.709. The van der Waals surface area contributed by atoms with Gasteiger partial charge < -0.3 is 5.32 Å². The van der Waals surface area contributed by atoms with E-state index in [4.69, 9.17) is 11.6 Å². The molecule has 106 valence electrons. The third-order valence-corrected chi connectivity index (χ3v) is 4.25. The molecule has 1 aromatic carbocycles. The normalized spacial score (nSPS) is 10.5. The lowest BCUT2D eigenvalue weighted by molar-refractivity contribution is 0.0953. The summed E-state index contributed by atoms with van der Waals surface area (Å²) in [5.41, 5.74) is 0.526. The van der Waals surface area contributed by atoms with Crippen molar-refractivity contribution in [3.05, 3.63) is 33.3 Å². The van der Waals surface area contributed by atoms with Crippen LogP contribution in [-0.4, -0.2) is 24.5 Å². The number of nitrogens with one attached hydrogen (secondary N) is 1. The molecule has 1 amide bonds. The Morgan fingerprint density at radius 2 is 2.05 bits per heavy atom. The fourth-order valence-electron chi connectivity index (χ4n) is 1.69. The minimum absolute atomic E-state index is 0.101. The Hall–Kier alpha value is -0.190. The van der Waals surface area contributed by atoms with Gasteiger partial charge in [0.2, 0.25) is 0 Å². The quantitative estimate of drug-likeness (QED) is 0.674. The number of hydrogen-bond acceptors (Lipinski definition) is 2. The number of rotatable bonds is 8. The first-order valence-corrected chi connectivity index (χ1v) is 8.94. The highest BCUT2D eigenvalue weighted by Gasteiger charge is 2.09. The molecule has 1 N–H and O–H groups in total. The third kappa shape index (κ3) is 6.68. The van der Waals surface area contributed by atoms with Crippen molar-refractivity contribution in [2.24, 2.45) is 0 Å². The van der Waals surface area contributed by atoms with Gasteiger partial charge in [0.25, 0.3) is 5.91 Å². The van der Waals surface area contributed by atoms with Gasteiger partial charge in [-0.1, -0.05) is 40.4 Å². The zero-order valence-electron chi connectivity index (χ0n) is 11.0. The number of amides is 1. The van der Waals surface area contributed by atoms with Crippen molar-refractivity contribution < 1.29 is 4.79 Å². The van der Waals surface area contributed by atoms with Gasteiger partial charge in [0.1, 0.15) is 0 Å². The predicted molar refractivity (Wildman–Crippen MR) is 88.3 cm³/mol. The second-order valence-electron chi connectivity index (χ2n) is 4.29. The summed E-state index contributed by atoms with van der Waals surface area (Å²) in [4.78, 5) is 11.9. The maximum Gasteiger partial charge on any atom is 0.252 e. The van der Waals surface area contributed by atoms with Gasteiger partial charge in [0.15, 0.2) is 0 Å². The van der Waals surface area contributed by atoms with Gasteiger partial charge in [0, 0.05) is 11.0 Å². The first kappa shape index (κ1) is 16.9. The summed E-state index contributed by atoms with van der Waals surface area (Å²) in [5, 5.41) is 3.40. The fourth-order valence-corrected chi connectivity index (χ4v) is 2.75. The second kappa shape index (κ2) is 9.67. The molecule has 19 heavy (non-hydrogen) atoms. The van der Waals surface area contributed by atoms with Crippen LogP contribution in [0.5, 0.6) is 0 Å². The van der Waals surface area contributed by atoms with Crippen LogP contribution in [-0.2, 0) is 0 Å². The number of carbonyl (C=O) groups is 1. The molecule has 0 spiro atoms. The fraction of sp³-hybridized carbons (Fsp3) is 0.500. The van der Waals surface area contributed by atoms with Gasteiger partial charge in [-0.15, -0.1) is 0 Å². The zero-order chi connectivity index (χ0) is 14.1. The highest BCUT2D eigenvalue weighted by molar-refractivity contribution is 9.10. The molecule has 0 unspecified atom stereocenters. The molecule has 2 nitrogen and oxygen atoms in total. The van der Waals surface area contributed by atoms with Crippen molar-refractivity contribution in [1.29, 1.82) is 0 Å². The van der Waals surface area contributed by atoms with Crippen LogP contribution in [0.4, 0.5) is 0 Å². The lowest BCUT2D eigenvalue weighted by Gasteiger charge is -2.07. The molecule has 5 heteroatoms. The average Bonchev–Trinajstić information content (AvgIpc) is 2.40. The summed E-state index contributed by atoms with van der Waals surface area (Å²) >= 11 is 11.2. The van der Waals surface area contributed by atoms with Crippen molar-refractivity contribution in [2.45, 2.75) is 25.7 Å². The Morgan fingerprint density at radius 3 is 2.79 bits per heavy atom.